The maximum atomic E-state index is 12.7. The zero-order valence-electron chi connectivity index (χ0n) is 17.0. The number of rotatable bonds is 6. The summed E-state index contributed by atoms with van der Waals surface area (Å²) >= 11 is 0. The molecule has 1 heterocycles. The summed E-state index contributed by atoms with van der Waals surface area (Å²) in [5.74, 6) is -0.394. The summed E-state index contributed by atoms with van der Waals surface area (Å²) in [7, 11) is 1.32. The maximum Gasteiger partial charge on any atom is 0.337 e. The molecule has 0 radical (unpaired) electrons. The SMILES string of the molecule is COC(=O)c1ccc(C(=O)NC(=NCCN2CCOCC2)Nc2ccccc2)cc1. The first-order chi connectivity index (χ1) is 14.7. The molecular weight excluding hydrogens is 384 g/mol. The van der Waals surface area contributed by atoms with Crippen molar-refractivity contribution in [3.05, 3.63) is 65.7 Å². The Bertz CT molecular complexity index is 862. The van der Waals surface area contributed by atoms with Gasteiger partial charge in [0.05, 0.1) is 32.4 Å². The van der Waals surface area contributed by atoms with Crippen molar-refractivity contribution in [3.8, 4) is 0 Å². The maximum absolute atomic E-state index is 12.7. The number of ether oxygens (including phenoxy) is 2. The van der Waals surface area contributed by atoms with Crippen LogP contribution in [0.1, 0.15) is 20.7 Å². The van der Waals surface area contributed by atoms with Gasteiger partial charge in [-0.05, 0) is 36.4 Å². The normalized spacial score (nSPS) is 14.8. The average molecular weight is 410 g/mol. The smallest absolute Gasteiger partial charge is 0.337 e. The summed E-state index contributed by atoms with van der Waals surface area (Å²) in [5, 5.41) is 5.98. The molecule has 158 valence electrons. The van der Waals surface area contributed by atoms with E-state index in [2.05, 4.69) is 25.3 Å². The van der Waals surface area contributed by atoms with E-state index in [4.69, 9.17) is 4.74 Å². The molecule has 1 aliphatic heterocycles. The van der Waals surface area contributed by atoms with Crippen LogP contribution in [-0.2, 0) is 9.47 Å². The van der Waals surface area contributed by atoms with E-state index < -0.39 is 5.97 Å². The number of esters is 1. The molecule has 8 nitrogen and oxygen atoms in total. The molecule has 0 bridgehead atoms. The lowest BCUT2D eigenvalue weighted by Crippen LogP contribution is -2.39. The molecule has 0 aromatic heterocycles. The molecule has 0 spiro atoms. The zero-order valence-corrected chi connectivity index (χ0v) is 17.0. The van der Waals surface area contributed by atoms with Crippen LogP contribution >= 0.6 is 0 Å². The van der Waals surface area contributed by atoms with Gasteiger partial charge in [0.1, 0.15) is 0 Å². The van der Waals surface area contributed by atoms with Gasteiger partial charge < -0.3 is 14.8 Å². The molecule has 1 amide bonds. The van der Waals surface area contributed by atoms with Crippen molar-refractivity contribution in [2.45, 2.75) is 0 Å². The van der Waals surface area contributed by atoms with Crippen molar-refractivity contribution in [2.24, 2.45) is 4.99 Å². The highest BCUT2D eigenvalue weighted by molar-refractivity contribution is 6.10. The fraction of sp³-hybridized carbons (Fsp3) is 0.318. The lowest BCUT2D eigenvalue weighted by Gasteiger charge is -2.25. The van der Waals surface area contributed by atoms with E-state index in [0.29, 0.717) is 23.6 Å². The van der Waals surface area contributed by atoms with E-state index >= 15 is 0 Å². The Balaban J connectivity index is 1.66. The Morgan fingerprint density at radius 2 is 1.70 bits per heavy atom. The summed E-state index contributed by atoms with van der Waals surface area (Å²) in [6, 6.07) is 15.8. The summed E-state index contributed by atoms with van der Waals surface area (Å²) in [5.41, 5.74) is 1.62. The van der Waals surface area contributed by atoms with Crippen molar-refractivity contribution in [1.29, 1.82) is 0 Å². The highest BCUT2D eigenvalue weighted by atomic mass is 16.5. The summed E-state index contributed by atoms with van der Waals surface area (Å²) in [6.07, 6.45) is 0. The third-order valence-corrected chi connectivity index (χ3v) is 4.63. The molecule has 8 heteroatoms. The van der Waals surface area contributed by atoms with Gasteiger partial charge in [0.15, 0.2) is 0 Å². The van der Waals surface area contributed by atoms with Gasteiger partial charge in [0, 0.05) is 30.9 Å². The van der Waals surface area contributed by atoms with Gasteiger partial charge >= 0.3 is 5.97 Å². The Morgan fingerprint density at radius 3 is 2.37 bits per heavy atom. The fourth-order valence-corrected chi connectivity index (χ4v) is 2.95. The van der Waals surface area contributed by atoms with Crippen molar-refractivity contribution >= 4 is 23.5 Å². The number of hydrogen-bond acceptors (Lipinski definition) is 6. The number of nitrogens with one attached hydrogen (secondary N) is 2. The molecule has 2 aromatic carbocycles. The standard InChI is InChI=1S/C22H26N4O4/c1-29-21(28)18-9-7-17(8-10-18)20(27)25-22(24-19-5-3-2-4-6-19)23-11-12-26-13-15-30-16-14-26/h2-10H,11-16H2,1H3,(H2,23,24,25,27). The minimum absolute atomic E-state index is 0.319. The molecule has 2 aromatic rings. The van der Waals surface area contributed by atoms with Crippen LogP contribution in [-0.4, -0.2) is 69.2 Å². The van der Waals surface area contributed by atoms with Crippen molar-refractivity contribution in [3.63, 3.8) is 0 Å². The molecule has 30 heavy (non-hydrogen) atoms. The van der Waals surface area contributed by atoms with Crippen LogP contribution in [0.4, 0.5) is 5.69 Å². The monoisotopic (exact) mass is 410 g/mol. The first-order valence-corrected chi connectivity index (χ1v) is 9.82. The summed E-state index contributed by atoms with van der Waals surface area (Å²) in [4.78, 5) is 31.1. The zero-order chi connectivity index (χ0) is 21.2. The molecule has 1 fully saturated rings. The first-order valence-electron chi connectivity index (χ1n) is 9.82. The number of aliphatic imine (C=N–C) groups is 1. The highest BCUT2D eigenvalue weighted by Crippen LogP contribution is 2.08. The number of hydrogen-bond donors (Lipinski definition) is 2. The molecular formula is C22H26N4O4. The predicted octanol–water partition coefficient (Wildman–Crippen LogP) is 2.00. The van der Waals surface area contributed by atoms with E-state index in [9.17, 15) is 9.59 Å². The van der Waals surface area contributed by atoms with Crippen molar-refractivity contribution in [1.82, 2.24) is 10.2 Å². The van der Waals surface area contributed by atoms with Crippen LogP contribution in [0.2, 0.25) is 0 Å². The van der Waals surface area contributed by atoms with Gasteiger partial charge in [-0.2, -0.15) is 0 Å². The van der Waals surface area contributed by atoms with Crippen LogP contribution < -0.4 is 10.6 Å². The molecule has 0 unspecified atom stereocenters. The van der Waals surface area contributed by atoms with Crippen LogP contribution in [0.15, 0.2) is 59.6 Å². The Kier molecular flexibility index (Phi) is 7.94. The molecule has 0 atom stereocenters. The average Bonchev–Trinajstić information content (AvgIpc) is 2.80. The van der Waals surface area contributed by atoms with Gasteiger partial charge in [0.2, 0.25) is 5.96 Å². The van der Waals surface area contributed by atoms with Crippen LogP contribution in [0.25, 0.3) is 0 Å². The number of guanidine groups is 1. The molecule has 0 aliphatic carbocycles. The van der Waals surface area contributed by atoms with Gasteiger partial charge in [-0.25, -0.2) is 4.79 Å². The van der Waals surface area contributed by atoms with Gasteiger partial charge in [-0.15, -0.1) is 0 Å². The topological polar surface area (TPSA) is 92.3 Å². The van der Waals surface area contributed by atoms with E-state index in [1.54, 1.807) is 24.3 Å². The predicted molar refractivity (Wildman–Crippen MR) is 115 cm³/mol. The van der Waals surface area contributed by atoms with E-state index in [-0.39, 0.29) is 5.91 Å². The lowest BCUT2D eigenvalue weighted by atomic mass is 10.1. The quantitative estimate of drug-likeness (QED) is 0.430. The lowest BCUT2D eigenvalue weighted by molar-refractivity contribution is 0.0394. The van der Waals surface area contributed by atoms with Crippen molar-refractivity contribution in [2.75, 3.05) is 51.8 Å². The van der Waals surface area contributed by atoms with Gasteiger partial charge in [-0.3, -0.25) is 20.0 Å². The summed E-state index contributed by atoms with van der Waals surface area (Å²) < 4.78 is 10.0. The molecule has 2 N–H and O–H groups in total. The molecule has 1 aliphatic rings. The molecule has 1 saturated heterocycles. The van der Waals surface area contributed by atoms with E-state index in [1.807, 2.05) is 30.3 Å². The van der Waals surface area contributed by atoms with Crippen LogP contribution in [0.3, 0.4) is 0 Å². The number of morpholine rings is 1. The number of carbonyl (C=O) groups is 2. The third kappa shape index (κ3) is 6.40. The number of methoxy groups -OCH3 is 1. The second-order valence-electron chi connectivity index (χ2n) is 6.70. The van der Waals surface area contributed by atoms with Crippen LogP contribution in [0.5, 0.6) is 0 Å². The minimum Gasteiger partial charge on any atom is -0.465 e. The first kappa shape index (κ1) is 21.5. The number of para-hydroxylation sites is 1. The largest absolute Gasteiger partial charge is 0.465 e. The van der Waals surface area contributed by atoms with E-state index in [1.165, 1.54) is 7.11 Å². The fourth-order valence-electron chi connectivity index (χ4n) is 2.95. The summed E-state index contributed by atoms with van der Waals surface area (Å²) in [6.45, 7) is 4.56. The minimum atomic E-state index is -0.446. The number of carbonyl (C=O) groups excluding carboxylic acids is 2. The van der Waals surface area contributed by atoms with Crippen LogP contribution in [0, 0.1) is 0 Å². The molecule has 3 rings (SSSR count). The second kappa shape index (κ2) is 11.1. The second-order valence-corrected chi connectivity index (χ2v) is 6.70. The third-order valence-electron chi connectivity index (χ3n) is 4.63. The van der Waals surface area contributed by atoms with Gasteiger partial charge in [-0.1, -0.05) is 18.2 Å². The highest BCUT2D eigenvalue weighted by Gasteiger charge is 2.13. The number of amides is 1. The Morgan fingerprint density at radius 1 is 1.03 bits per heavy atom. The number of nitrogens with zero attached hydrogens (tertiary/aromatic N) is 2. The van der Waals surface area contributed by atoms with Gasteiger partial charge in [0.25, 0.3) is 5.91 Å². The number of benzene rings is 2. The Hall–Kier alpha value is -3.23. The molecule has 0 saturated carbocycles. The Labute approximate surface area is 175 Å². The number of anilines is 1. The van der Waals surface area contributed by atoms with E-state index in [0.717, 1.165) is 38.5 Å². The van der Waals surface area contributed by atoms with Crippen molar-refractivity contribution < 1.29 is 19.1 Å².